The molecule has 0 saturated carbocycles. The molecule has 0 aromatic carbocycles. The minimum Gasteiger partial charge on any atom is -0.365 e. The average molecular weight is 331 g/mol. The van der Waals surface area contributed by atoms with Gasteiger partial charge in [0.2, 0.25) is 5.91 Å². The van der Waals surface area contributed by atoms with Gasteiger partial charge in [-0.3, -0.25) is 9.59 Å². The van der Waals surface area contributed by atoms with Gasteiger partial charge in [0, 0.05) is 38.9 Å². The number of hydrogen-bond donors (Lipinski definition) is 2. The Balaban J connectivity index is 1.66. The number of nitrogens with one attached hydrogen (secondary N) is 1. The van der Waals surface area contributed by atoms with Crippen molar-refractivity contribution in [3.63, 3.8) is 0 Å². The van der Waals surface area contributed by atoms with Gasteiger partial charge >= 0.3 is 0 Å². The van der Waals surface area contributed by atoms with Crippen LogP contribution in [0, 0.1) is 5.41 Å². The second kappa shape index (κ2) is 6.76. The Hall–Kier alpha value is -2.15. The third-order valence-corrected chi connectivity index (χ3v) is 5.03. The highest BCUT2D eigenvalue weighted by atomic mass is 16.2. The summed E-state index contributed by atoms with van der Waals surface area (Å²) in [6, 6.07) is 3.40. The lowest BCUT2D eigenvalue weighted by atomic mass is 9.81. The first-order valence-electron chi connectivity index (χ1n) is 8.51. The van der Waals surface area contributed by atoms with E-state index in [2.05, 4.69) is 17.2 Å². The number of carbonyl (C=O) groups excluding carboxylic acids is 2. The van der Waals surface area contributed by atoms with Crippen molar-refractivity contribution in [1.29, 1.82) is 0 Å². The summed E-state index contributed by atoms with van der Waals surface area (Å²) in [5.74, 6) is 0.366. The summed E-state index contributed by atoms with van der Waals surface area (Å²) in [4.78, 5) is 32.7. The SMILES string of the molecule is C[C@@]1(C(=O)N2CCN(c3ncccc3C(N)=O)CC2)CCCNC1. The normalized spacial score (nSPS) is 24.7. The van der Waals surface area contributed by atoms with Gasteiger partial charge in [-0.1, -0.05) is 0 Å². The zero-order chi connectivity index (χ0) is 17.2. The van der Waals surface area contributed by atoms with Crippen LogP contribution in [0.4, 0.5) is 5.82 Å². The summed E-state index contributed by atoms with van der Waals surface area (Å²) in [6.45, 7) is 6.40. The molecule has 7 nitrogen and oxygen atoms in total. The molecule has 2 saturated heterocycles. The molecule has 0 unspecified atom stereocenters. The lowest BCUT2D eigenvalue weighted by molar-refractivity contribution is -0.142. The van der Waals surface area contributed by atoms with Crippen molar-refractivity contribution in [3.8, 4) is 0 Å². The van der Waals surface area contributed by atoms with E-state index in [9.17, 15) is 9.59 Å². The van der Waals surface area contributed by atoms with Crippen LogP contribution in [0.1, 0.15) is 30.1 Å². The van der Waals surface area contributed by atoms with Gasteiger partial charge in [-0.25, -0.2) is 4.98 Å². The first-order valence-corrected chi connectivity index (χ1v) is 8.51. The van der Waals surface area contributed by atoms with E-state index in [4.69, 9.17) is 5.73 Å². The van der Waals surface area contributed by atoms with Gasteiger partial charge in [-0.05, 0) is 38.4 Å². The summed E-state index contributed by atoms with van der Waals surface area (Å²) >= 11 is 0. The molecule has 2 fully saturated rings. The molecular weight excluding hydrogens is 306 g/mol. The molecule has 0 aliphatic carbocycles. The highest BCUT2D eigenvalue weighted by Gasteiger charge is 2.38. The first kappa shape index (κ1) is 16.7. The molecule has 0 bridgehead atoms. The molecule has 2 amide bonds. The number of nitrogens with zero attached hydrogens (tertiary/aromatic N) is 3. The summed E-state index contributed by atoms with van der Waals surface area (Å²) in [5, 5.41) is 3.33. The number of carbonyl (C=O) groups is 2. The average Bonchev–Trinajstić information content (AvgIpc) is 2.62. The molecular formula is C17H25N5O2. The number of primary amides is 1. The molecule has 7 heteroatoms. The fraction of sp³-hybridized carbons (Fsp3) is 0.588. The van der Waals surface area contributed by atoms with E-state index < -0.39 is 5.91 Å². The van der Waals surface area contributed by atoms with Crippen LogP contribution in [0.15, 0.2) is 18.3 Å². The van der Waals surface area contributed by atoms with E-state index in [0.717, 1.165) is 25.9 Å². The van der Waals surface area contributed by atoms with Gasteiger partial charge in [-0.2, -0.15) is 0 Å². The lowest BCUT2D eigenvalue weighted by Crippen LogP contribution is -2.56. The summed E-state index contributed by atoms with van der Waals surface area (Å²) in [6.07, 6.45) is 3.64. The van der Waals surface area contributed by atoms with Crippen molar-refractivity contribution in [2.24, 2.45) is 11.1 Å². The summed E-state index contributed by atoms with van der Waals surface area (Å²) in [7, 11) is 0. The van der Waals surface area contributed by atoms with Crippen molar-refractivity contribution < 1.29 is 9.59 Å². The quantitative estimate of drug-likeness (QED) is 0.827. The maximum atomic E-state index is 12.9. The summed E-state index contributed by atoms with van der Waals surface area (Å²) in [5.41, 5.74) is 5.56. The molecule has 24 heavy (non-hydrogen) atoms. The van der Waals surface area contributed by atoms with E-state index in [1.807, 2.05) is 9.80 Å². The smallest absolute Gasteiger partial charge is 0.252 e. The molecule has 3 rings (SSSR count). The number of nitrogens with two attached hydrogens (primary N) is 1. The van der Waals surface area contributed by atoms with Gasteiger partial charge in [0.1, 0.15) is 5.82 Å². The molecule has 2 aliphatic rings. The van der Waals surface area contributed by atoms with Crippen molar-refractivity contribution >= 4 is 17.6 Å². The standard InChI is InChI=1S/C17H25N5O2/c1-17(5-3-6-19-12-17)16(24)22-10-8-21(9-11-22)15-13(14(18)23)4-2-7-20-15/h2,4,7,19H,3,5-6,8-12H2,1H3,(H2,18,23)/t17-/m1/s1. The van der Waals surface area contributed by atoms with Crippen LogP contribution in [0.25, 0.3) is 0 Å². The number of rotatable bonds is 3. The Morgan fingerprint density at radius 3 is 2.67 bits per heavy atom. The Labute approximate surface area is 142 Å². The second-order valence-electron chi connectivity index (χ2n) is 6.86. The van der Waals surface area contributed by atoms with Gasteiger partial charge in [0.15, 0.2) is 0 Å². The van der Waals surface area contributed by atoms with E-state index >= 15 is 0 Å². The number of piperazine rings is 1. The monoisotopic (exact) mass is 331 g/mol. The minimum atomic E-state index is -0.475. The number of hydrogen-bond acceptors (Lipinski definition) is 5. The predicted molar refractivity (Wildman–Crippen MR) is 91.8 cm³/mol. The largest absolute Gasteiger partial charge is 0.365 e. The Morgan fingerprint density at radius 1 is 1.29 bits per heavy atom. The number of amides is 2. The van der Waals surface area contributed by atoms with E-state index in [-0.39, 0.29) is 11.3 Å². The first-order chi connectivity index (χ1) is 11.5. The zero-order valence-corrected chi connectivity index (χ0v) is 14.1. The molecule has 0 radical (unpaired) electrons. The van der Waals surface area contributed by atoms with Crippen LogP contribution >= 0.6 is 0 Å². The highest BCUT2D eigenvalue weighted by Crippen LogP contribution is 2.29. The van der Waals surface area contributed by atoms with Gasteiger partial charge < -0.3 is 20.9 Å². The Morgan fingerprint density at radius 2 is 2.04 bits per heavy atom. The molecule has 130 valence electrons. The third kappa shape index (κ3) is 3.21. The van der Waals surface area contributed by atoms with Crippen LogP contribution in [0.2, 0.25) is 0 Å². The maximum Gasteiger partial charge on any atom is 0.252 e. The fourth-order valence-corrected chi connectivity index (χ4v) is 3.58. The molecule has 2 aliphatic heterocycles. The van der Waals surface area contributed by atoms with E-state index in [0.29, 0.717) is 37.6 Å². The number of piperidine rings is 1. The topological polar surface area (TPSA) is 91.6 Å². The van der Waals surface area contributed by atoms with Gasteiger partial charge in [0.25, 0.3) is 5.91 Å². The van der Waals surface area contributed by atoms with Crippen LogP contribution in [0.3, 0.4) is 0 Å². The number of aromatic nitrogens is 1. The van der Waals surface area contributed by atoms with Crippen LogP contribution in [-0.4, -0.2) is 61.0 Å². The second-order valence-corrected chi connectivity index (χ2v) is 6.86. The van der Waals surface area contributed by atoms with Crippen molar-refractivity contribution in [2.75, 3.05) is 44.2 Å². The van der Waals surface area contributed by atoms with Crippen LogP contribution < -0.4 is 16.0 Å². The number of pyridine rings is 1. The zero-order valence-electron chi connectivity index (χ0n) is 14.1. The molecule has 1 atom stereocenters. The predicted octanol–water partition coefficient (Wildman–Crippen LogP) is 0.219. The third-order valence-electron chi connectivity index (χ3n) is 5.03. The molecule has 1 aromatic rings. The van der Waals surface area contributed by atoms with Gasteiger partial charge in [0.05, 0.1) is 11.0 Å². The van der Waals surface area contributed by atoms with E-state index in [1.54, 1.807) is 18.3 Å². The van der Waals surface area contributed by atoms with E-state index in [1.165, 1.54) is 0 Å². The molecule has 0 spiro atoms. The molecule has 3 N–H and O–H groups in total. The summed E-state index contributed by atoms with van der Waals surface area (Å²) < 4.78 is 0. The van der Waals surface area contributed by atoms with Crippen LogP contribution in [0.5, 0.6) is 0 Å². The highest BCUT2D eigenvalue weighted by molar-refractivity contribution is 5.97. The number of anilines is 1. The van der Waals surface area contributed by atoms with Crippen molar-refractivity contribution in [2.45, 2.75) is 19.8 Å². The maximum absolute atomic E-state index is 12.9. The van der Waals surface area contributed by atoms with Crippen LogP contribution in [-0.2, 0) is 4.79 Å². The minimum absolute atomic E-state index is 0.227. The van der Waals surface area contributed by atoms with Gasteiger partial charge in [-0.15, -0.1) is 0 Å². The Kier molecular flexibility index (Phi) is 4.71. The Bertz CT molecular complexity index is 619. The lowest BCUT2D eigenvalue weighted by Gasteiger charge is -2.41. The van der Waals surface area contributed by atoms with Crippen molar-refractivity contribution in [3.05, 3.63) is 23.9 Å². The molecule has 1 aromatic heterocycles. The fourth-order valence-electron chi connectivity index (χ4n) is 3.58. The van der Waals surface area contributed by atoms with Crippen molar-refractivity contribution in [1.82, 2.24) is 15.2 Å². The molecule has 3 heterocycles.